The third-order valence-electron chi connectivity index (χ3n) is 6.29. The number of nitrogens with one attached hydrogen (secondary N) is 2. The molecule has 1 aliphatic heterocycles. The van der Waals surface area contributed by atoms with Crippen molar-refractivity contribution in [3.63, 3.8) is 0 Å². The van der Waals surface area contributed by atoms with E-state index in [4.69, 9.17) is 4.42 Å². The van der Waals surface area contributed by atoms with Crippen molar-refractivity contribution in [3.8, 4) is 0 Å². The molecule has 0 spiro atoms. The van der Waals surface area contributed by atoms with Crippen LogP contribution in [0.1, 0.15) is 63.1 Å². The minimum Gasteiger partial charge on any atom is -0.467 e. The van der Waals surface area contributed by atoms with E-state index in [0.717, 1.165) is 30.5 Å². The number of furan rings is 1. The van der Waals surface area contributed by atoms with Gasteiger partial charge >= 0.3 is 0 Å². The number of hydrogen-bond acceptors (Lipinski definition) is 4. The molecule has 26 heavy (non-hydrogen) atoms. The summed E-state index contributed by atoms with van der Waals surface area (Å²) in [6.07, 6.45) is 9.73. The molecule has 2 fully saturated rings. The van der Waals surface area contributed by atoms with Crippen molar-refractivity contribution >= 4 is 0 Å². The van der Waals surface area contributed by atoms with Gasteiger partial charge in [-0.2, -0.15) is 0 Å². The first-order valence-electron chi connectivity index (χ1n) is 10.3. The van der Waals surface area contributed by atoms with Crippen LogP contribution in [0, 0.1) is 0 Å². The number of aromatic nitrogens is 4. The summed E-state index contributed by atoms with van der Waals surface area (Å²) >= 11 is 0. The van der Waals surface area contributed by atoms with E-state index in [1.54, 1.807) is 11.2 Å². The molecule has 2 aromatic heterocycles. The van der Waals surface area contributed by atoms with Crippen molar-refractivity contribution < 1.29 is 14.2 Å². The number of piperazine rings is 1. The van der Waals surface area contributed by atoms with Gasteiger partial charge in [0.05, 0.1) is 12.3 Å². The summed E-state index contributed by atoms with van der Waals surface area (Å²) in [5, 5.41) is 12.6. The van der Waals surface area contributed by atoms with Gasteiger partial charge in [0.2, 0.25) is 5.82 Å². The Morgan fingerprint density at radius 2 is 2.04 bits per heavy atom. The Morgan fingerprint density at radius 3 is 2.73 bits per heavy atom. The summed E-state index contributed by atoms with van der Waals surface area (Å²) < 4.78 is 7.42. The first-order chi connectivity index (χ1) is 12.8. The minimum absolute atomic E-state index is 0.384. The SMILES string of the molecule is CCC[C@@H](c1nnnn1Cc1ccco1)[NH+]1CC[NH+](C2CCCC2)CC1. The summed E-state index contributed by atoms with van der Waals surface area (Å²) in [5.74, 6) is 1.92. The van der Waals surface area contributed by atoms with Crippen molar-refractivity contribution in [2.45, 2.75) is 64.1 Å². The molecule has 4 rings (SSSR count). The number of rotatable bonds is 7. The van der Waals surface area contributed by atoms with Crippen LogP contribution in [-0.2, 0) is 6.54 Å². The molecule has 0 bridgehead atoms. The Balaban J connectivity index is 1.44. The van der Waals surface area contributed by atoms with Crippen LogP contribution in [0.5, 0.6) is 0 Å². The van der Waals surface area contributed by atoms with Crippen LogP contribution in [0.4, 0.5) is 0 Å². The van der Waals surface area contributed by atoms with Gasteiger partial charge in [-0.05, 0) is 48.2 Å². The van der Waals surface area contributed by atoms with Crippen LogP contribution in [0.15, 0.2) is 22.8 Å². The predicted octanol–water partition coefficient (Wildman–Crippen LogP) is -0.118. The number of nitrogens with zero attached hydrogens (tertiary/aromatic N) is 4. The Labute approximate surface area is 155 Å². The van der Waals surface area contributed by atoms with Crippen LogP contribution in [0.2, 0.25) is 0 Å². The second-order valence-electron chi connectivity index (χ2n) is 7.91. The van der Waals surface area contributed by atoms with E-state index in [9.17, 15) is 0 Å². The van der Waals surface area contributed by atoms with Crippen LogP contribution < -0.4 is 9.80 Å². The second kappa shape index (κ2) is 8.31. The standard InChI is InChI=1S/C19H30N6O/c1-2-6-18(19-20-21-22-25(19)15-17-9-5-14-26-17)24-12-10-23(11-13-24)16-7-3-4-8-16/h5,9,14,16,18H,2-4,6-8,10-13,15H2,1H3/p+2/t18-/m0/s1. The van der Waals surface area contributed by atoms with Gasteiger partial charge in [0.25, 0.3) is 0 Å². The number of hydrogen-bond donors (Lipinski definition) is 2. The fraction of sp³-hybridized carbons (Fsp3) is 0.737. The van der Waals surface area contributed by atoms with Crippen molar-refractivity contribution in [1.29, 1.82) is 0 Å². The molecule has 1 aliphatic carbocycles. The second-order valence-corrected chi connectivity index (χ2v) is 7.91. The van der Waals surface area contributed by atoms with Gasteiger partial charge < -0.3 is 14.2 Å². The smallest absolute Gasteiger partial charge is 0.209 e. The Hall–Kier alpha value is -1.73. The van der Waals surface area contributed by atoms with Gasteiger partial charge in [0, 0.05) is 6.42 Å². The molecule has 7 heteroatoms. The van der Waals surface area contributed by atoms with Gasteiger partial charge in [-0.15, -0.1) is 5.10 Å². The van der Waals surface area contributed by atoms with Gasteiger partial charge in [0.1, 0.15) is 44.5 Å². The molecule has 1 atom stereocenters. The average molecular weight is 361 g/mol. The van der Waals surface area contributed by atoms with E-state index < -0.39 is 0 Å². The first kappa shape index (κ1) is 17.7. The quantitative estimate of drug-likeness (QED) is 0.723. The molecular weight excluding hydrogens is 328 g/mol. The summed E-state index contributed by atoms with van der Waals surface area (Å²) in [4.78, 5) is 3.50. The average Bonchev–Trinajstić information content (AvgIpc) is 3.43. The molecular formula is C19H32N6O+2. The predicted molar refractivity (Wildman–Crippen MR) is 96.9 cm³/mol. The Bertz CT molecular complexity index is 655. The van der Waals surface area contributed by atoms with Gasteiger partial charge in [-0.1, -0.05) is 13.3 Å². The third-order valence-corrected chi connectivity index (χ3v) is 6.29. The van der Waals surface area contributed by atoms with E-state index in [1.807, 2.05) is 21.7 Å². The molecule has 2 N–H and O–H groups in total. The maximum absolute atomic E-state index is 5.49. The van der Waals surface area contributed by atoms with Gasteiger partial charge in [-0.3, -0.25) is 0 Å². The van der Waals surface area contributed by atoms with Crippen LogP contribution >= 0.6 is 0 Å². The lowest BCUT2D eigenvalue weighted by Gasteiger charge is -2.36. The zero-order chi connectivity index (χ0) is 17.8. The molecule has 142 valence electrons. The summed E-state index contributed by atoms with van der Waals surface area (Å²) in [5.41, 5.74) is 0. The Morgan fingerprint density at radius 1 is 1.23 bits per heavy atom. The van der Waals surface area contributed by atoms with Crippen molar-refractivity contribution in [3.05, 3.63) is 30.0 Å². The van der Waals surface area contributed by atoms with E-state index in [1.165, 1.54) is 51.9 Å². The fourth-order valence-corrected chi connectivity index (χ4v) is 4.91. The minimum atomic E-state index is 0.384. The molecule has 2 aromatic rings. The molecule has 0 amide bonds. The van der Waals surface area contributed by atoms with Crippen LogP contribution in [0.25, 0.3) is 0 Å². The fourth-order valence-electron chi connectivity index (χ4n) is 4.91. The Kier molecular flexibility index (Phi) is 5.65. The highest BCUT2D eigenvalue weighted by molar-refractivity contribution is 5.00. The highest BCUT2D eigenvalue weighted by Gasteiger charge is 2.36. The number of quaternary nitrogens is 2. The molecule has 1 saturated heterocycles. The van der Waals surface area contributed by atoms with Crippen molar-refractivity contribution in [2.75, 3.05) is 26.2 Å². The summed E-state index contributed by atoms with van der Waals surface area (Å²) in [7, 11) is 0. The summed E-state index contributed by atoms with van der Waals surface area (Å²) in [6, 6.07) is 5.20. The maximum atomic E-state index is 5.49. The van der Waals surface area contributed by atoms with Crippen molar-refractivity contribution in [1.82, 2.24) is 20.2 Å². The molecule has 0 radical (unpaired) electrons. The van der Waals surface area contributed by atoms with Crippen molar-refractivity contribution in [2.24, 2.45) is 0 Å². The largest absolute Gasteiger partial charge is 0.467 e. The first-order valence-corrected chi connectivity index (χ1v) is 10.3. The third kappa shape index (κ3) is 3.83. The van der Waals surface area contributed by atoms with E-state index >= 15 is 0 Å². The molecule has 0 aromatic carbocycles. The monoisotopic (exact) mass is 360 g/mol. The highest BCUT2D eigenvalue weighted by Crippen LogP contribution is 2.16. The highest BCUT2D eigenvalue weighted by atomic mass is 16.3. The van der Waals surface area contributed by atoms with Crippen LogP contribution in [-0.4, -0.2) is 52.4 Å². The van der Waals surface area contributed by atoms with Gasteiger partial charge in [0.15, 0.2) is 0 Å². The van der Waals surface area contributed by atoms with E-state index in [2.05, 4.69) is 22.4 Å². The van der Waals surface area contributed by atoms with E-state index in [-0.39, 0.29) is 0 Å². The molecule has 0 unspecified atom stereocenters. The molecule has 1 saturated carbocycles. The molecule has 3 heterocycles. The van der Waals surface area contributed by atoms with E-state index in [0.29, 0.717) is 12.6 Å². The lowest BCUT2D eigenvalue weighted by atomic mass is 10.1. The lowest BCUT2D eigenvalue weighted by molar-refractivity contribution is -1.04. The topological polar surface area (TPSA) is 65.6 Å². The number of tetrazole rings is 1. The molecule has 2 aliphatic rings. The maximum Gasteiger partial charge on any atom is 0.209 e. The van der Waals surface area contributed by atoms with Crippen LogP contribution in [0.3, 0.4) is 0 Å². The van der Waals surface area contributed by atoms with Gasteiger partial charge in [-0.25, -0.2) is 4.68 Å². The normalized spacial score (nSPS) is 25.6. The molecule has 7 nitrogen and oxygen atoms in total. The lowest BCUT2D eigenvalue weighted by Crippen LogP contribution is -3.29. The zero-order valence-electron chi connectivity index (χ0n) is 15.9. The zero-order valence-corrected chi connectivity index (χ0v) is 15.9. The summed E-state index contributed by atoms with van der Waals surface area (Å²) in [6.45, 7) is 7.91.